The summed E-state index contributed by atoms with van der Waals surface area (Å²) in [5, 5.41) is 3.73. The van der Waals surface area contributed by atoms with Crippen molar-refractivity contribution >= 4 is 35.1 Å². The molecular weight excluding hydrogens is 370 g/mol. The van der Waals surface area contributed by atoms with Crippen LogP contribution in [0, 0.1) is 0 Å². The molecule has 8 heteroatoms. The zero-order valence-corrected chi connectivity index (χ0v) is 16.8. The predicted molar refractivity (Wildman–Crippen MR) is 108 cm³/mol. The Bertz CT molecular complexity index is 714. The number of carbonyl (C=O) groups is 1. The van der Waals surface area contributed by atoms with Crippen LogP contribution in [0.5, 0.6) is 0 Å². The number of benzene rings is 1. The van der Waals surface area contributed by atoms with Gasteiger partial charge >= 0.3 is 0 Å². The van der Waals surface area contributed by atoms with E-state index in [1.165, 1.54) is 17.3 Å². The first-order valence-electron chi connectivity index (χ1n) is 8.28. The van der Waals surface area contributed by atoms with E-state index in [0.29, 0.717) is 23.4 Å². The maximum atomic E-state index is 11.9. The highest BCUT2D eigenvalue weighted by Crippen LogP contribution is 2.22. The monoisotopic (exact) mass is 393 g/mol. The Morgan fingerprint density at radius 2 is 1.92 bits per heavy atom. The molecule has 0 fully saturated rings. The second kappa shape index (κ2) is 10.4. The van der Waals surface area contributed by atoms with Crippen molar-refractivity contribution in [3.63, 3.8) is 0 Å². The summed E-state index contributed by atoms with van der Waals surface area (Å²) in [6, 6.07) is 11.9. The smallest absolute Gasteiger partial charge is 0.230 e. The molecule has 1 aromatic carbocycles. The summed E-state index contributed by atoms with van der Waals surface area (Å²) in [5.41, 5.74) is 1.18. The Balaban J connectivity index is 1.93. The SMILES string of the molecule is CN(C)CCNC(=O)CSc1nc(Cl)cc(N(C)Cc2ccccc2)n1. The quantitative estimate of drug-likeness (QED) is 0.401. The van der Waals surface area contributed by atoms with Crippen LogP contribution in [0.15, 0.2) is 41.6 Å². The fourth-order valence-corrected chi connectivity index (χ4v) is 3.09. The molecule has 0 atom stereocenters. The van der Waals surface area contributed by atoms with E-state index in [2.05, 4.69) is 27.4 Å². The third kappa shape index (κ3) is 7.19. The molecule has 0 saturated heterocycles. The van der Waals surface area contributed by atoms with Crippen LogP contribution in [-0.2, 0) is 11.3 Å². The lowest BCUT2D eigenvalue weighted by Gasteiger charge is -2.19. The Hall–Kier alpha value is -1.83. The molecule has 0 aliphatic rings. The van der Waals surface area contributed by atoms with Gasteiger partial charge in [0, 0.05) is 32.7 Å². The number of nitrogens with zero attached hydrogens (tertiary/aromatic N) is 4. The van der Waals surface area contributed by atoms with Crippen molar-refractivity contribution < 1.29 is 4.79 Å². The van der Waals surface area contributed by atoms with Gasteiger partial charge in [-0.1, -0.05) is 53.7 Å². The van der Waals surface area contributed by atoms with E-state index in [1.807, 2.05) is 49.1 Å². The molecule has 0 radical (unpaired) electrons. The number of amides is 1. The Morgan fingerprint density at radius 1 is 1.19 bits per heavy atom. The molecule has 140 valence electrons. The van der Waals surface area contributed by atoms with Gasteiger partial charge < -0.3 is 15.1 Å². The Morgan fingerprint density at radius 3 is 2.62 bits per heavy atom. The van der Waals surface area contributed by atoms with Crippen molar-refractivity contribution in [1.29, 1.82) is 0 Å². The molecule has 2 aromatic rings. The van der Waals surface area contributed by atoms with Crippen LogP contribution in [0.3, 0.4) is 0 Å². The van der Waals surface area contributed by atoms with Gasteiger partial charge in [0.05, 0.1) is 5.75 Å². The Labute approximate surface area is 164 Å². The molecule has 0 bridgehead atoms. The fourth-order valence-electron chi connectivity index (χ4n) is 2.18. The van der Waals surface area contributed by atoms with Gasteiger partial charge in [-0.25, -0.2) is 9.97 Å². The van der Waals surface area contributed by atoms with Crippen molar-refractivity contribution in [2.45, 2.75) is 11.7 Å². The molecule has 1 aromatic heterocycles. The summed E-state index contributed by atoms with van der Waals surface area (Å²) >= 11 is 7.41. The van der Waals surface area contributed by atoms with Crippen molar-refractivity contribution in [3.8, 4) is 0 Å². The lowest BCUT2D eigenvalue weighted by atomic mass is 10.2. The topological polar surface area (TPSA) is 61.4 Å². The molecule has 1 N–H and O–H groups in total. The molecule has 0 aliphatic carbocycles. The first kappa shape index (κ1) is 20.5. The minimum absolute atomic E-state index is 0.0420. The number of carbonyl (C=O) groups excluding carboxylic acids is 1. The molecule has 2 rings (SSSR count). The van der Waals surface area contributed by atoms with Gasteiger partial charge in [-0.2, -0.15) is 0 Å². The van der Waals surface area contributed by atoms with E-state index >= 15 is 0 Å². The van der Waals surface area contributed by atoms with Crippen LogP contribution in [0.4, 0.5) is 5.82 Å². The van der Waals surface area contributed by atoms with Gasteiger partial charge in [0.15, 0.2) is 5.16 Å². The minimum Gasteiger partial charge on any atom is -0.355 e. The van der Waals surface area contributed by atoms with Crippen LogP contribution < -0.4 is 10.2 Å². The molecule has 1 heterocycles. The van der Waals surface area contributed by atoms with Gasteiger partial charge in [-0.15, -0.1) is 0 Å². The van der Waals surface area contributed by atoms with Gasteiger partial charge in [-0.05, 0) is 19.7 Å². The summed E-state index contributed by atoms with van der Waals surface area (Å²) in [7, 11) is 5.89. The van der Waals surface area contributed by atoms with E-state index in [4.69, 9.17) is 11.6 Å². The van der Waals surface area contributed by atoms with Crippen LogP contribution in [-0.4, -0.2) is 60.8 Å². The zero-order chi connectivity index (χ0) is 18.9. The summed E-state index contributed by atoms with van der Waals surface area (Å²) in [6.45, 7) is 2.13. The van der Waals surface area contributed by atoms with Crippen molar-refractivity contribution in [2.24, 2.45) is 0 Å². The van der Waals surface area contributed by atoms with Crippen LogP contribution in [0.25, 0.3) is 0 Å². The summed E-state index contributed by atoms with van der Waals surface area (Å²) in [4.78, 5) is 24.6. The lowest BCUT2D eigenvalue weighted by Crippen LogP contribution is -2.32. The van der Waals surface area contributed by atoms with E-state index < -0.39 is 0 Å². The first-order valence-corrected chi connectivity index (χ1v) is 9.64. The number of hydrogen-bond acceptors (Lipinski definition) is 6. The second-order valence-corrected chi connectivity index (χ2v) is 7.44. The largest absolute Gasteiger partial charge is 0.355 e. The third-order valence-electron chi connectivity index (χ3n) is 3.53. The molecule has 26 heavy (non-hydrogen) atoms. The van der Waals surface area contributed by atoms with Crippen molar-refractivity contribution in [1.82, 2.24) is 20.2 Å². The number of likely N-dealkylation sites (N-methyl/N-ethyl adjacent to an activating group) is 1. The highest BCUT2D eigenvalue weighted by Gasteiger charge is 2.10. The molecule has 6 nitrogen and oxygen atoms in total. The summed E-state index contributed by atoms with van der Waals surface area (Å²) in [6.07, 6.45) is 0. The van der Waals surface area contributed by atoms with Crippen molar-refractivity contribution in [2.75, 3.05) is 44.9 Å². The predicted octanol–water partition coefficient (Wildman–Crippen LogP) is 2.54. The standard InChI is InChI=1S/C18H24ClN5OS/c1-23(2)10-9-20-17(25)13-26-18-21-15(19)11-16(22-18)24(3)12-14-7-5-4-6-8-14/h4-8,11H,9-10,12-13H2,1-3H3,(H,20,25). The van der Waals surface area contributed by atoms with Crippen LogP contribution in [0.2, 0.25) is 5.15 Å². The number of anilines is 1. The average Bonchev–Trinajstić information content (AvgIpc) is 2.60. The van der Waals surface area contributed by atoms with Gasteiger partial charge in [0.25, 0.3) is 0 Å². The number of aromatic nitrogens is 2. The average molecular weight is 394 g/mol. The third-order valence-corrected chi connectivity index (χ3v) is 4.57. The minimum atomic E-state index is -0.0420. The van der Waals surface area contributed by atoms with Gasteiger partial charge in [0.1, 0.15) is 11.0 Å². The molecule has 1 amide bonds. The number of rotatable bonds is 9. The molecular formula is C18H24ClN5OS. The maximum Gasteiger partial charge on any atom is 0.230 e. The lowest BCUT2D eigenvalue weighted by molar-refractivity contribution is -0.118. The highest BCUT2D eigenvalue weighted by atomic mass is 35.5. The molecule has 0 aliphatic heterocycles. The zero-order valence-electron chi connectivity index (χ0n) is 15.3. The number of thioether (sulfide) groups is 1. The second-order valence-electron chi connectivity index (χ2n) is 6.12. The number of hydrogen-bond donors (Lipinski definition) is 1. The number of nitrogens with one attached hydrogen (secondary N) is 1. The van der Waals surface area contributed by atoms with E-state index in [0.717, 1.165) is 12.4 Å². The first-order chi connectivity index (χ1) is 12.4. The van der Waals surface area contributed by atoms with E-state index in [-0.39, 0.29) is 11.7 Å². The molecule has 0 saturated carbocycles. The molecule has 0 spiro atoms. The van der Waals surface area contributed by atoms with Crippen LogP contribution in [0.1, 0.15) is 5.56 Å². The summed E-state index contributed by atoms with van der Waals surface area (Å²) < 4.78 is 0. The van der Waals surface area contributed by atoms with Crippen molar-refractivity contribution in [3.05, 3.63) is 47.1 Å². The van der Waals surface area contributed by atoms with Gasteiger partial charge in [0.2, 0.25) is 5.91 Å². The van der Waals surface area contributed by atoms with E-state index in [1.54, 1.807) is 6.07 Å². The van der Waals surface area contributed by atoms with Gasteiger partial charge in [-0.3, -0.25) is 4.79 Å². The number of halogens is 1. The van der Waals surface area contributed by atoms with Crippen LogP contribution >= 0.6 is 23.4 Å². The molecule has 0 unspecified atom stereocenters. The Kier molecular flexibility index (Phi) is 8.15. The van der Waals surface area contributed by atoms with E-state index in [9.17, 15) is 4.79 Å². The summed E-state index contributed by atoms with van der Waals surface area (Å²) in [5.74, 6) is 0.944. The highest BCUT2D eigenvalue weighted by molar-refractivity contribution is 7.99. The normalized spacial score (nSPS) is 10.8. The fraction of sp³-hybridized carbons (Fsp3) is 0.389. The maximum absolute atomic E-state index is 11.9.